The normalized spacial score (nSPS) is 27.9. The quantitative estimate of drug-likeness (QED) is 0.909. The molecule has 2 aliphatic rings. The molecule has 2 unspecified atom stereocenters. The highest BCUT2D eigenvalue weighted by Crippen LogP contribution is 2.48. The highest BCUT2D eigenvalue weighted by atomic mass is 16.5. The zero-order valence-electron chi connectivity index (χ0n) is 12.8. The number of hydrogen-bond acceptors (Lipinski definition) is 2. The fourth-order valence-corrected chi connectivity index (χ4v) is 3.79. The first-order valence-electron chi connectivity index (χ1n) is 8.08. The Morgan fingerprint density at radius 1 is 1.30 bits per heavy atom. The predicted molar refractivity (Wildman–Crippen MR) is 82.6 cm³/mol. The van der Waals surface area contributed by atoms with Crippen LogP contribution in [0.1, 0.15) is 57.1 Å². The Morgan fingerprint density at radius 3 is 2.55 bits per heavy atom. The summed E-state index contributed by atoms with van der Waals surface area (Å²) < 4.78 is 6.04. The molecule has 2 nitrogen and oxygen atoms in total. The largest absolute Gasteiger partial charge is 0.375 e. The number of benzene rings is 1. The molecule has 1 aliphatic heterocycles. The lowest BCUT2D eigenvalue weighted by Crippen LogP contribution is -2.52. The fraction of sp³-hybridized carbons (Fsp3) is 0.667. The summed E-state index contributed by atoms with van der Waals surface area (Å²) >= 11 is 0. The van der Waals surface area contributed by atoms with Gasteiger partial charge in [0.2, 0.25) is 0 Å². The van der Waals surface area contributed by atoms with Crippen molar-refractivity contribution in [2.24, 2.45) is 11.7 Å². The Hall–Kier alpha value is -0.860. The van der Waals surface area contributed by atoms with Crippen molar-refractivity contribution in [1.29, 1.82) is 0 Å². The minimum Gasteiger partial charge on any atom is -0.375 e. The van der Waals surface area contributed by atoms with Crippen LogP contribution >= 0.6 is 0 Å². The summed E-state index contributed by atoms with van der Waals surface area (Å²) in [6, 6.07) is 8.89. The van der Waals surface area contributed by atoms with Crippen LogP contribution in [-0.4, -0.2) is 12.2 Å². The molecule has 1 saturated heterocycles. The van der Waals surface area contributed by atoms with Crippen molar-refractivity contribution in [1.82, 2.24) is 0 Å². The van der Waals surface area contributed by atoms with E-state index in [4.69, 9.17) is 10.5 Å². The average Bonchev–Trinajstić information content (AvgIpc) is 2.46. The van der Waals surface area contributed by atoms with Crippen LogP contribution in [-0.2, 0) is 16.7 Å². The number of aryl methyl sites for hydroxylation is 1. The third-order valence-electron chi connectivity index (χ3n) is 5.59. The summed E-state index contributed by atoms with van der Waals surface area (Å²) in [6.45, 7) is 5.27. The fourth-order valence-electron chi connectivity index (χ4n) is 3.79. The van der Waals surface area contributed by atoms with Gasteiger partial charge in [-0.15, -0.1) is 0 Å². The molecule has 110 valence electrons. The molecule has 2 fully saturated rings. The lowest BCUT2D eigenvalue weighted by molar-refractivity contribution is -0.151. The third-order valence-corrected chi connectivity index (χ3v) is 5.59. The van der Waals surface area contributed by atoms with Gasteiger partial charge in [-0.2, -0.15) is 0 Å². The molecule has 1 heterocycles. The summed E-state index contributed by atoms with van der Waals surface area (Å²) in [5, 5.41) is 0. The lowest BCUT2D eigenvalue weighted by Gasteiger charge is -2.50. The van der Waals surface area contributed by atoms with Gasteiger partial charge in [-0.1, -0.05) is 31.2 Å². The smallest absolute Gasteiger partial charge is 0.0686 e. The van der Waals surface area contributed by atoms with E-state index < -0.39 is 0 Å². The molecule has 0 bridgehead atoms. The summed E-state index contributed by atoms with van der Waals surface area (Å²) in [4.78, 5) is 0. The molecule has 0 radical (unpaired) electrons. The monoisotopic (exact) mass is 273 g/mol. The van der Waals surface area contributed by atoms with E-state index in [1.54, 1.807) is 0 Å². The maximum absolute atomic E-state index is 6.75. The highest BCUT2D eigenvalue weighted by Gasteiger charge is 2.46. The molecule has 1 aromatic rings. The van der Waals surface area contributed by atoms with Crippen molar-refractivity contribution in [2.45, 2.75) is 63.5 Å². The molecule has 0 aromatic heterocycles. The van der Waals surface area contributed by atoms with Crippen molar-refractivity contribution in [3.63, 3.8) is 0 Å². The van der Waals surface area contributed by atoms with E-state index in [9.17, 15) is 0 Å². The van der Waals surface area contributed by atoms with Crippen LogP contribution < -0.4 is 5.73 Å². The second-order valence-electron chi connectivity index (χ2n) is 6.91. The van der Waals surface area contributed by atoms with E-state index >= 15 is 0 Å². The highest BCUT2D eigenvalue weighted by molar-refractivity contribution is 5.29. The first-order valence-corrected chi connectivity index (χ1v) is 8.08. The van der Waals surface area contributed by atoms with Crippen LogP contribution in [0.15, 0.2) is 24.3 Å². The van der Waals surface area contributed by atoms with Gasteiger partial charge in [-0.25, -0.2) is 0 Å². The Labute approximate surface area is 122 Å². The van der Waals surface area contributed by atoms with Crippen molar-refractivity contribution < 1.29 is 4.74 Å². The number of ether oxygens (including phenoxy) is 1. The van der Waals surface area contributed by atoms with Gasteiger partial charge in [0.25, 0.3) is 0 Å². The molecule has 2 N–H and O–H groups in total. The number of nitrogens with two attached hydrogens (primary N) is 1. The molecular formula is C18H27NO. The molecule has 1 spiro atoms. The summed E-state index contributed by atoms with van der Waals surface area (Å²) in [5.74, 6) is 0.532. The van der Waals surface area contributed by atoms with E-state index in [1.807, 2.05) is 0 Å². The summed E-state index contributed by atoms with van der Waals surface area (Å²) in [5.41, 5.74) is 9.34. The van der Waals surface area contributed by atoms with Gasteiger partial charge in [0.15, 0.2) is 0 Å². The minimum absolute atomic E-state index is 0.174. The second kappa shape index (κ2) is 5.16. The first kappa shape index (κ1) is 14.1. The topological polar surface area (TPSA) is 35.2 Å². The summed E-state index contributed by atoms with van der Waals surface area (Å²) in [7, 11) is 0. The van der Waals surface area contributed by atoms with Crippen LogP contribution in [0.25, 0.3) is 0 Å². The molecule has 3 rings (SSSR count). The van der Waals surface area contributed by atoms with Crippen molar-refractivity contribution in [2.75, 3.05) is 6.61 Å². The third kappa shape index (κ3) is 2.40. The standard InChI is InChI=1S/C18H27NO/c1-3-14-5-7-15(8-6-14)17(2,19)16-9-12-20-18(13-16)10-4-11-18/h5-8,16H,3-4,9-13,19H2,1-2H3. The zero-order chi connectivity index (χ0) is 14.2. The molecule has 2 atom stereocenters. The predicted octanol–water partition coefficient (Wildman–Crippen LogP) is 3.77. The van der Waals surface area contributed by atoms with Gasteiger partial charge >= 0.3 is 0 Å². The number of rotatable bonds is 3. The second-order valence-corrected chi connectivity index (χ2v) is 6.91. The van der Waals surface area contributed by atoms with Gasteiger partial charge in [-0.3, -0.25) is 0 Å². The Bertz CT molecular complexity index is 459. The van der Waals surface area contributed by atoms with Gasteiger partial charge in [0.1, 0.15) is 0 Å². The minimum atomic E-state index is -0.237. The van der Waals surface area contributed by atoms with Gasteiger partial charge in [-0.05, 0) is 62.5 Å². The van der Waals surface area contributed by atoms with E-state index in [1.165, 1.54) is 30.4 Å². The van der Waals surface area contributed by atoms with E-state index in [-0.39, 0.29) is 11.1 Å². The summed E-state index contributed by atoms with van der Waals surface area (Å²) in [6.07, 6.45) is 7.09. The van der Waals surface area contributed by atoms with Crippen LogP contribution in [0, 0.1) is 5.92 Å². The van der Waals surface area contributed by atoms with E-state index in [0.717, 1.165) is 25.9 Å². The molecular weight excluding hydrogens is 246 g/mol. The molecule has 1 aromatic carbocycles. The van der Waals surface area contributed by atoms with E-state index in [2.05, 4.69) is 38.1 Å². The molecule has 1 aliphatic carbocycles. The van der Waals surface area contributed by atoms with Crippen LogP contribution in [0.4, 0.5) is 0 Å². The maximum Gasteiger partial charge on any atom is 0.0686 e. The van der Waals surface area contributed by atoms with Crippen LogP contribution in [0.5, 0.6) is 0 Å². The van der Waals surface area contributed by atoms with Gasteiger partial charge < -0.3 is 10.5 Å². The van der Waals surface area contributed by atoms with Crippen molar-refractivity contribution in [3.8, 4) is 0 Å². The van der Waals surface area contributed by atoms with Crippen LogP contribution in [0.3, 0.4) is 0 Å². The lowest BCUT2D eigenvalue weighted by atomic mass is 9.66. The zero-order valence-corrected chi connectivity index (χ0v) is 12.8. The molecule has 1 saturated carbocycles. The van der Waals surface area contributed by atoms with Crippen molar-refractivity contribution >= 4 is 0 Å². The maximum atomic E-state index is 6.75. The Balaban J connectivity index is 1.78. The van der Waals surface area contributed by atoms with E-state index in [0.29, 0.717) is 5.92 Å². The average molecular weight is 273 g/mol. The Morgan fingerprint density at radius 2 is 2.00 bits per heavy atom. The van der Waals surface area contributed by atoms with Crippen molar-refractivity contribution in [3.05, 3.63) is 35.4 Å². The first-order chi connectivity index (χ1) is 9.56. The Kier molecular flexibility index (Phi) is 3.64. The van der Waals surface area contributed by atoms with Gasteiger partial charge in [0.05, 0.1) is 5.60 Å². The van der Waals surface area contributed by atoms with Gasteiger partial charge in [0, 0.05) is 12.1 Å². The van der Waals surface area contributed by atoms with Crippen LogP contribution in [0.2, 0.25) is 0 Å². The number of hydrogen-bond donors (Lipinski definition) is 1. The SMILES string of the molecule is CCc1ccc(C(C)(N)C2CCOC3(CCC3)C2)cc1. The molecule has 0 amide bonds. The molecule has 2 heteroatoms. The molecule has 20 heavy (non-hydrogen) atoms.